The van der Waals surface area contributed by atoms with Gasteiger partial charge in [0.15, 0.2) is 0 Å². The van der Waals surface area contributed by atoms with E-state index in [-0.39, 0.29) is 6.61 Å². The van der Waals surface area contributed by atoms with E-state index in [0.717, 1.165) is 37.9 Å². The van der Waals surface area contributed by atoms with Crippen molar-refractivity contribution in [2.75, 3.05) is 19.7 Å². The van der Waals surface area contributed by atoms with Crippen LogP contribution < -0.4 is 5.32 Å². The molecule has 4 nitrogen and oxygen atoms in total. The maximum absolute atomic E-state index is 10.0. The van der Waals surface area contributed by atoms with Crippen LogP contribution in [0.1, 0.15) is 63.9 Å². The van der Waals surface area contributed by atoms with Crippen molar-refractivity contribution >= 4 is 11.8 Å². The van der Waals surface area contributed by atoms with Gasteiger partial charge in [-0.3, -0.25) is 0 Å². The summed E-state index contributed by atoms with van der Waals surface area (Å²) in [5.41, 5.74) is 3.48. The van der Waals surface area contributed by atoms with E-state index in [1.807, 2.05) is 18.2 Å². The zero-order valence-corrected chi connectivity index (χ0v) is 16.1. The Hall–Kier alpha value is -1.65. The SMILES string of the molecule is CCCCCCNC[C@H](O)CO/N=C1\CCCC\C1=C/c1ccccc1. The van der Waals surface area contributed by atoms with Gasteiger partial charge in [-0.25, -0.2) is 0 Å². The van der Waals surface area contributed by atoms with E-state index in [0.29, 0.717) is 6.54 Å². The number of aliphatic hydroxyl groups is 1. The Kier molecular flexibility index (Phi) is 10.1. The van der Waals surface area contributed by atoms with Crippen LogP contribution in [-0.4, -0.2) is 36.6 Å². The zero-order chi connectivity index (χ0) is 18.5. The standard InChI is InChI=1S/C22H34N2O2/c1-2-3-4-10-15-23-17-21(25)18-26-24-22-14-9-8-13-20(22)16-19-11-6-5-7-12-19/h5-7,11-12,16,21,23,25H,2-4,8-10,13-15,17-18H2,1H3/b20-16+,24-22+/t21-/m0/s1. The monoisotopic (exact) mass is 358 g/mol. The van der Waals surface area contributed by atoms with Crippen LogP contribution in [-0.2, 0) is 4.84 Å². The van der Waals surface area contributed by atoms with Crippen LogP contribution in [0.15, 0.2) is 41.1 Å². The number of nitrogens with one attached hydrogen (secondary N) is 1. The maximum Gasteiger partial charge on any atom is 0.144 e. The third-order valence-corrected chi connectivity index (χ3v) is 4.65. The average molecular weight is 359 g/mol. The molecule has 1 aliphatic rings. The molecule has 2 rings (SSSR count). The molecule has 0 spiro atoms. The second-order valence-corrected chi connectivity index (χ2v) is 7.04. The summed E-state index contributed by atoms with van der Waals surface area (Å²) in [6.07, 6.45) is 11.0. The van der Waals surface area contributed by atoms with Gasteiger partial charge in [0.25, 0.3) is 0 Å². The molecule has 1 aliphatic carbocycles. The fraction of sp³-hybridized carbons (Fsp3) is 0.591. The van der Waals surface area contributed by atoms with Crippen LogP contribution in [0.5, 0.6) is 0 Å². The first-order chi connectivity index (χ1) is 12.8. The van der Waals surface area contributed by atoms with E-state index in [1.165, 1.54) is 36.8 Å². The molecule has 0 unspecified atom stereocenters. The molecule has 1 fully saturated rings. The molecule has 26 heavy (non-hydrogen) atoms. The lowest BCUT2D eigenvalue weighted by Gasteiger charge is -2.17. The highest BCUT2D eigenvalue weighted by molar-refractivity contribution is 6.03. The minimum absolute atomic E-state index is 0.240. The Labute approximate surface area is 158 Å². The fourth-order valence-corrected chi connectivity index (χ4v) is 3.13. The third kappa shape index (κ3) is 8.15. The molecule has 1 aromatic carbocycles. The van der Waals surface area contributed by atoms with Crippen molar-refractivity contribution in [1.82, 2.24) is 5.32 Å². The lowest BCUT2D eigenvalue weighted by molar-refractivity contribution is 0.0401. The van der Waals surface area contributed by atoms with Gasteiger partial charge in [0.1, 0.15) is 12.7 Å². The van der Waals surface area contributed by atoms with Gasteiger partial charge in [-0.1, -0.05) is 61.7 Å². The Morgan fingerprint density at radius 2 is 1.96 bits per heavy atom. The van der Waals surface area contributed by atoms with Crippen molar-refractivity contribution in [3.8, 4) is 0 Å². The van der Waals surface area contributed by atoms with E-state index in [9.17, 15) is 5.11 Å². The van der Waals surface area contributed by atoms with Gasteiger partial charge in [-0.2, -0.15) is 0 Å². The minimum atomic E-state index is -0.518. The fourth-order valence-electron chi connectivity index (χ4n) is 3.13. The van der Waals surface area contributed by atoms with Crippen molar-refractivity contribution in [1.29, 1.82) is 0 Å². The Morgan fingerprint density at radius 3 is 2.77 bits per heavy atom. The van der Waals surface area contributed by atoms with Crippen LogP contribution in [0.2, 0.25) is 0 Å². The first-order valence-electron chi connectivity index (χ1n) is 10.1. The predicted molar refractivity (Wildman–Crippen MR) is 109 cm³/mol. The summed E-state index contributed by atoms with van der Waals surface area (Å²) in [5.74, 6) is 0. The number of allylic oxidation sites excluding steroid dienone is 1. The van der Waals surface area contributed by atoms with Gasteiger partial charge in [-0.15, -0.1) is 0 Å². The average Bonchev–Trinajstić information content (AvgIpc) is 2.67. The summed E-state index contributed by atoms with van der Waals surface area (Å²) < 4.78 is 0. The van der Waals surface area contributed by atoms with Gasteiger partial charge >= 0.3 is 0 Å². The van der Waals surface area contributed by atoms with Crippen molar-refractivity contribution in [3.05, 3.63) is 41.5 Å². The Morgan fingerprint density at radius 1 is 1.15 bits per heavy atom. The summed E-state index contributed by atoms with van der Waals surface area (Å²) in [6.45, 7) is 3.96. The Bertz CT molecular complexity index is 555. The molecule has 1 aromatic rings. The highest BCUT2D eigenvalue weighted by Crippen LogP contribution is 2.23. The van der Waals surface area contributed by atoms with E-state index in [2.05, 4.69) is 35.6 Å². The molecule has 0 aromatic heterocycles. The molecule has 1 atom stereocenters. The quantitative estimate of drug-likeness (QED) is 0.451. The maximum atomic E-state index is 10.0. The lowest BCUT2D eigenvalue weighted by atomic mass is 9.91. The number of unbranched alkanes of at least 4 members (excludes halogenated alkanes) is 3. The number of oxime groups is 1. The second kappa shape index (κ2) is 12.7. The first kappa shape index (κ1) is 20.7. The van der Waals surface area contributed by atoms with E-state index >= 15 is 0 Å². The highest BCUT2D eigenvalue weighted by Gasteiger charge is 2.14. The zero-order valence-electron chi connectivity index (χ0n) is 16.1. The smallest absolute Gasteiger partial charge is 0.144 e. The van der Waals surface area contributed by atoms with Gasteiger partial charge in [0.05, 0.1) is 5.71 Å². The van der Waals surface area contributed by atoms with Crippen LogP contribution in [0.4, 0.5) is 0 Å². The predicted octanol–water partition coefficient (Wildman–Crippen LogP) is 4.55. The Balaban J connectivity index is 1.74. The van der Waals surface area contributed by atoms with E-state index in [1.54, 1.807) is 0 Å². The van der Waals surface area contributed by atoms with E-state index < -0.39 is 6.10 Å². The molecule has 0 amide bonds. The van der Waals surface area contributed by atoms with Crippen LogP contribution in [0, 0.1) is 0 Å². The molecular weight excluding hydrogens is 324 g/mol. The van der Waals surface area contributed by atoms with Crippen LogP contribution in [0.25, 0.3) is 6.08 Å². The normalized spacial score (nSPS) is 19.0. The van der Waals surface area contributed by atoms with Crippen molar-refractivity contribution in [2.24, 2.45) is 5.16 Å². The minimum Gasteiger partial charge on any atom is -0.393 e. The molecular formula is C22H34N2O2. The van der Waals surface area contributed by atoms with Gasteiger partial charge in [0, 0.05) is 6.54 Å². The number of hydrogen-bond donors (Lipinski definition) is 2. The van der Waals surface area contributed by atoms with Gasteiger partial charge in [0.2, 0.25) is 0 Å². The first-order valence-corrected chi connectivity index (χ1v) is 10.1. The molecule has 1 saturated carbocycles. The molecule has 0 bridgehead atoms. The molecule has 144 valence electrons. The lowest BCUT2D eigenvalue weighted by Crippen LogP contribution is -2.30. The number of nitrogens with zero attached hydrogens (tertiary/aromatic N) is 1. The van der Waals surface area contributed by atoms with Crippen molar-refractivity contribution in [2.45, 2.75) is 64.4 Å². The molecule has 2 N–H and O–H groups in total. The van der Waals surface area contributed by atoms with Gasteiger partial charge < -0.3 is 15.3 Å². The number of rotatable bonds is 11. The topological polar surface area (TPSA) is 53.8 Å². The largest absolute Gasteiger partial charge is 0.393 e. The summed E-state index contributed by atoms with van der Waals surface area (Å²) >= 11 is 0. The summed E-state index contributed by atoms with van der Waals surface area (Å²) in [4.78, 5) is 5.46. The number of benzene rings is 1. The molecule has 0 heterocycles. The molecule has 0 aliphatic heterocycles. The van der Waals surface area contributed by atoms with Crippen molar-refractivity contribution in [3.63, 3.8) is 0 Å². The molecule has 0 saturated heterocycles. The summed E-state index contributed by atoms with van der Waals surface area (Å²) in [7, 11) is 0. The van der Waals surface area contributed by atoms with Crippen molar-refractivity contribution < 1.29 is 9.94 Å². The summed E-state index contributed by atoms with van der Waals surface area (Å²) in [6, 6.07) is 10.3. The van der Waals surface area contributed by atoms with Crippen LogP contribution >= 0.6 is 0 Å². The van der Waals surface area contributed by atoms with Crippen LogP contribution in [0.3, 0.4) is 0 Å². The third-order valence-electron chi connectivity index (χ3n) is 4.65. The number of aliphatic hydroxyl groups excluding tert-OH is 1. The van der Waals surface area contributed by atoms with E-state index in [4.69, 9.17) is 4.84 Å². The van der Waals surface area contributed by atoms with Gasteiger partial charge in [-0.05, 0) is 55.9 Å². The second-order valence-electron chi connectivity index (χ2n) is 7.04. The summed E-state index contributed by atoms with van der Waals surface area (Å²) in [5, 5.41) is 17.6. The highest BCUT2D eigenvalue weighted by atomic mass is 16.6. The number of hydrogen-bond acceptors (Lipinski definition) is 4. The molecule has 0 radical (unpaired) electrons. The molecule has 4 heteroatoms.